The van der Waals surface area contributed by atoms with Crippen LogP contribution in [0.15, 0.2) is 54.6 Å². The maximum Gasteiger partial charge on any atom is 0.254 e. The molecule has 5 rings (SSSR count). The van der Waals surface area contributed by atoms with Gasteiger partial charge in [-0.25, -0.2) is 0 Å². The lowest BCUT2D eigenvalue weighted by molar-refractivity contribution is -0.139. The van der Waals surface area contributed by atoms with Gasteiger partial charge in [0.1, 0.15) is 11.8 Å². The van der Waals surface area contributed by atoms with Crippen LogP contribution in [0.4, 0.5) is 0 Å². The second-order valence-corrected chi connectivity index (χ2v) is 11.3. The molecular weight excluding hydrogens is 492 g/mol. The molecule has 2 unspecified atom stereocenters. The largest absolute Gasteiger partial charge is 0.497 e. The van der Waals surface area contributed by atoms with Crippen molar-refractivity contribution in [2.45, 2.75) is 75.5 Å². The van der Waals surface area contributed by atoms with Crippen molar-refractivity contribution in [1.82, 2.24) is 15.1 Å². The molecule has 8 nitrogen and oxygen atoms in total. The normalized spacial score (nSPS) is 24.7. The minimum absolute atomic E-state index is 0.00165. The predicted octanol–water partition coefficient (Wildman–Crippen LogP) is 3.15. The summed E-state index contributed by atoms with van der Waals surface area (Å²) in [5.74, 6) is 0.529. The molecule has 1 heterocycles. The number of ether oxygens (including phenoxy) is 1. The Morgan fingerprint density at radius 3 is 2.31 bits per heavy atom. The fourth-order valence-corrected chi connectivity index (χ4v) is 5.90. The van der Waals surface area contributed by atoms with E-state index in [1.165, 1.54) is 0 Å². The Labute approximate surface area is 230 Å². The van der Waals surface area contributed by atoms with Crippen LogP contribution in [0.1, 0.15) is 60.9 Å². The second-order valence-electron chi connectivity index (χ2n) is 11.3. The van der Waals surface area contributed by atoms with Gasteiger partial charge in [0, 0.05) is 36.7 Å². The van der Waals surface area contributed by atoms with Crippen molar-refractivity contribution < 1.29 is 19.1 Å². The number of carbonyl (C=O) groups excluding carboxylic acids is 3. The zero-order chi connectivity index (χ0) is 27.4. The zero-order valence-corrected chi connectivity index (χ0v) is 22.8. The smallest absolute Gasteiger partial charge is 0.254 e. The number of carbonyl (C=O) groups is 3. The van der Waals surface area contributed by atoms with Crippen molar-refractivity contribution in [3.63, 3.8) is 0 Å². The number of nitrogens with two attached hydrogens (primary N) is 1. The maximum atomic E-state index is 13.9. The summed E-state index contributed by atoms with van der Waals surface area (Å²) in [4.78, 5) is 44.4. The molecule has 2 aromatic rings. The zero-order valence-electron chi connectivity index (χ0n) is 22.8. The summed E-state index contributed by atoms with van der Waals surface area (Å²) >= 11 is 0. The number of likely N-dealkylation sites (tertiary alicyclic amines) is 1. The molecule has 0 aromatic heterocycles. The van der Waals surface area contributed by atoms with E-state index in [0.29, 0.717) is 37.2 Å². The first-order chi connectivity index (χ1) is 18.9. The minimum Gasteiger partial charge on any atom is -0.497 e. The average molecular weight is 533 g/mol. The van der Waals surface area contributed by atoms with E-state index in [1.807, 2.05) is 23.1 Å². The lowest BCUT2D eigenvalue weighted by Gasteiger charge is -2.30. The van der Waals surface area contributed by atoms with Crippen LogP contribution >= 0.6 is 0 Å². The molecule has 1 aliphatic heterocycles. The minimum atomic E-state index is -0.568. The highest BCUT2D eigenvalue weighted by Crippen LogP contribution is 2.35. The van der Waals surface area contributed by atoms with Gasteiger partial charge in [-0.2, -0.15) is 0 Å². The van der Waals surface area contributed by atoms with Gasteiger partial charge in [0.15, 0.2) is 0 Å². The van der Waals surface area contributed by atoms with Crippen molar-refractivity contribution in [3.05, 3.63) is 65.7 Å². The highest BCUT2D eigenvalue weighted by atomic mass is 16.5. The maximum absolute atomic E-state index is 13.9. The third-order valence-corrected chi connectivity index (χ3v) is 8.43. The fraction of sp³-hybridized carbons (Fsp3) is 0.516. The van der Waals surface area contributed by atoms with Crippen LogP contribution in [-0.2, 0) is 16.0 Å². The Kier molecular flexibility index (Phi) is 8.50. The molecule has 2 saturated carbocycles. The Bertz CT molecular complexity index is 1140. The van der Waals surface area contributed by atoms with Gasteiger partial charge in [-0.05, 0) is 81.2 Å². The van der Waals surface area contributed by atoms with Gasteiger partial charge < -0.3 is 25.6 Å². The number of hydrogen-bond donors (Lipinski definition) is 2. The molecule has 0 bridgehead atoms. The summed E-state index contributed by atoms with van der Waals surface area (Å²) < 4.78 is 5.27. The Morgan fingerprint density at radius 2 is 1.67 bits per heavy atom. The van der Waals surface area contributed by atoms with Gasteiger partial charge in [-0.3, -0.25) is 14.4 Å². The van der Waals surface area contributed by atoms with Gasteiger partial charge in [0.25, 0.3) is 5.91 Å². The number of rotatable bonds is 9. The van der Waals surface area contributed by atoms with Crippen LogP contribution in [0.25, 0.3) is 0 Å². The van der Waals surface area contributed by atoms with Gasteiger partial charge in [-0.15, -0.1) is 0 Å². The highest BCUT2D eigenvalue weighted by molar-refractivity contribution is 5.95. The summed E-state index contributed by atoms with van der Waals surface area (Å²) in [7, 11) is 1.60. The summed E-state index contributed by atoms with van der Waals surface area (Å²) in [6.07, 6.45) is 6.38. The van der Waals surface area contributed by atoms with E-state index in [2.05, 4.69) is 17.4 Å². The van der Waals surface area contributed by atoms with E-state index < -0.39 is 6.04 Å². The van der Waals surface area contributed by atoms with E-state index in [9.17, 15) is 14.4 Å². The predicted molar refractivity (Wildman–Crippen MR) is 149 cm³/mol. The molecule has 0 radical (unpaired) electrons. The van der Waals surface area contributed by atoms with Crippen molar-refractivity contribution in [1.29, 1.82) is 0 Å². The molecule has 1 saturated heterocycles. The first-order valence-electron chi connectivity index (χ1n) is 14.3. The van der Waals surface area contributed by atoms with Crippen molar-refractivity contribution >= 4 is 17.7 Å². The van der Waals surface area contributed by atoms with Crippen LogP contribution in [0.2, 0.25) is 0 Å². The van der Waals surface area contributed by atoms with Crippen molar-refractivity contribution in [3.8, 4) is 5.75 Å². The van der Waals surface area contributed by atoms with Crippen molar-refractivity contribution in [2.24, 2.45) is 11.7 Å². The molecule has 0 spiro atoms. The number of amides is 3. The SMILES string of the molecule is COc1ccc(C(=O)N(CCc2ccccc2)C2CC(C(=O)NC3CCC(N)CC3)N(C(=O)C3CC3)C2)cc1. The molecule has 39 heavy (non-hydrogen) atoms. The lowest BCUT2D eigenvalue weighted by Crippen LogP contribution is -2.50. The molecule has 2 aliphatic carbocycles. The quantitative estimate of drug-likeness (QED) is 0.516. The number of benzene rings is 2. The van der Waals surface area contributed by atoms with E-state index >= 15 is 0 Å². The van der Waals surface area contributed by atoms with E-state index in [0.717, 1.165) is 44.1 Å². The summed E-state index contributed by atoms with van der Waals surface area (Å²) in [5, 5.41) is 3.21. The summed E-state index contributed by atoms with van der Waals surface area (Å²) in [5.41, 5.74) is 7.76. The number of nitrogens with zero attached hydrogens (tertiary/aromatic N) is 2. The molecule has 2 aromatic carbocycles. The monoisotopic (exact) mass is 532 g/mol. The first-order valence-corrected chi connectivity index (χ1v) is 14.3. The lowest BCUT2D eigenvalue weighted by atomic mass is 9.91. The fourth-order valence-electron chi connectivity index (χ4n) is 5.90. The Hall–Kier alpha value is -3.39. The van der Waals surface area contributed by atoms with Gasteiger partial charge >= 0.3 is 0 Å². The second kappa shape index (κ2) is 12.2. The Balaban J connectivity index is 1.36. The highest BCUT2D eigenvalue weighted by Gasteiger charge is 2.46. The average Bonchev–Trinajstić information content (AvgIpc) is 3.73. The number of nitrogens with one attached hydrogen (secondary N) is 1. The van der Waals surface area contributed by atoms with Crippen LogP contribution in [-0.4, -0.2) is 71.9 Å². The van der Waals surface area contributed by atoms with Crippen LogP contribution in [0.5, 0.6) is 5.75 Å². The molecule has 8 heteroatoms. The summed E-state index contributed by atoms with van der Waals surface area (Å²) in [6, 6.07) is 16.7. The van der Waals surface area contributed by atoms with E-state index in [4.69, 9.17) is 10.5 Å². The van der Waals surface area contributed by atoms with E-state index in [-0.39, 0.29) is 41.8 Å². The topological polar surface area (TPSA) is 105 Å². The first kappa shape index (κ1) is 27.2. The standard InChI is InChI=1S/C31H40N4O4/c1-39-27-15-9-23(10-16-27)30(37)34(18-17-21-5-3-2-4-6-21)26-19-28(35(20-26)31(38)22-7-8-22)29(36)33-25-13-11-24(32)12-14-25/h2-6,9-10,15-16,22,24-26,28H,7-8,11-14,17-20,32H2,1H3,(H,33,36). The van der Waals surface area contributed by atoms with Gasteiger partial charge in [-0.1, -0.05) is 30.3 Å². The molecule has 3 aliphatic rings. The Morgan fingerprint density at radius 1 is 0.974 bits per heavy atom. The third-order valence-electron chi connectivity index (χ3n) is 8.43. The number of hydrogen-bond acceptors (Lipinski definition) is 5. The molecular formula is C31H40N4O4. The van der Waals surface area contributed by atoms with Crippen LogP contribution < -0.4 is 15.8 Å². The molecule has 3 amide bonds. The van der Waals surface area contributed by atoms with E-state index in [1.54, 1.807) is 36.3 Å². The van der Waals surface area contributed by atoms with Gasteiger partial charge in [0.2, 0.25) is 11.8 Å². The molecule has 3 N–H and O–H groups in total. The third kappa shape index (κ3) is 6.61. The molecule has 2 atom stereocenters. The van der Waals surface area contributed by atoms with Gasteiger partial charge in [0.05, 0.1) is 13.2 Å². The molecule has 3 fully saturated rings. The van der Waals surface area contributed by atoms with Crippen molar-refractivity contribution in [2.75, 3.05) is 20.2 Å². The number of methoxy groups -OCH3 is 1. The summed E-state index contributed by atoms with van der Waals surface area (Å²) in [6.45, 7) is 0.875. The molecule has 208 valence electrons. The van der Waals surface area contributed by atoms with Crippen LogP contribution in [0.3, 0.4) is 0 Å². The van der Waals surface area contributed by atoms with Crippen LogP contribution in [0, 0.1) is 5.92 Å².